The summed E-state index contributed by atoms with van der Waals surface area (Å²) >= 11 is 0. The molecule has 0 unspecified atom stereocenters. The third-order valence-corrected chi connectivity index (χ3v) is 4.32. The largest absolute Gasteiger partial charge is 0.205 e. The Bertz CT molecular complexity index is 470. The van der Waals surface area contributed by atoms with E-state index in [1.807, 2.05) is 0 Å². The van der Waals surface area contributed by atoms with Gasteiger partial charge in [0.05, 0.1) is 0 Å². The monoisotopic (exact) mass is 316 g/mol. The summed E-state index contributed by atoms with van der Waals surface area (Å²) in [4.78, 5) is 0. The van der Waals surface area contributed by atoms with Crippen molar-refractivity contribution >= 4 is 5.57 Å². The van der Waals surface area contributed by atoms with E-state index in [0.29, 0.717) is 5.41 Å². The van der Waals surface area contributed by atoms with Crippen molar-refractivity contribution in [1.29, 1.82) is 0 Å². The molecule has 23 heavy (non-hydrogen) atoms. The van der Waals surface area contributed by atoms with Gasteiger partial charge in [-0.2, -0.15) is 0 Å². The van der Waals surface area contributed by atoms with E-state index in [9.17, 15) is 0 Å². The summed E-state index contributed by atoms with van der Waals surface area (Å²) in [5.74, 6) is 0. The molecule has 0 saturated carbocycles. The van der Waals surface area contributed by atoms with Crippen molar-refractivity contribution in [2.75, 3.05) is 0 Å². The van der Waals surface area contributed by atoms with Gasteiger partial charge in [0.2, 0.25) is 0 Å². The zero-order valence-corrected chi connectivity index (χ0v) is 16.4. The van der Waals surface area contributed by atoms with Crippen LogP contribution in [0.1, 0.15) is 92.1 Å². The van der Waals surface area contributed by atoms with Crippen LogP contribution >= 0.6 is 0 Å². The lowest BCUT2D eigenvalue weighted by molar-refractivity contribution is -0.697. The highest BCUT2D eigenvalue weighted by Crippen LogP contribution is 2.32. The molecule has 0 aliphatic rings. The molecular formula is C22H38N+. The minimum absolute atomic E-state index is 0.330. The van der Waals surface area contributed by atoms with Gasteiger partial charge in [-0.25, -0.2) is 4.57 Å². The van der Waals surface area contributed by atoms with Crippen molar-refractivity contribution in [1.82, 2.24) is 0 Å². The van der Waals surface area contributed by atoms with Crippen LogP contribution in [-0.4, -0.2) is 0 Å². The van der Waals surface area contributed by atoms with E-state index >= 15 is 0 Å². The number of rotatable bonds is 9. The van der Waals surface area contributed by atoms with Gasteiger partial charge in [-0.1, -0.05) is 59.0 Å². The lowest BCUT2D eigenvalue weighted by Gasteiger charge is -2.21. The Labute approximate surface area is 144 Å². The van der Waals surface area contributed by atoms with Gasteiger partial charge in [-0.3, -0.25) is 0 Å². The molecule has 1 aromatic rings. The van der Waals surface area contributed by atoms with Gasteiger partial charge >= 0.3 is 0 Å². The van der Waals surface area contributed by atoms with Crippen molar-refractivity contribution in [2.24, 2.45) is 5.41 Å². The molecule has 0 atom stereocenters. The number of aromatic nitrogens is 1. The number of unbranched alkanes of at least 4 members (excludes halogenated alkanes) is 5. The van der Waals surface area contributed by atoms with E-state index in [0.717, 1.165) is 13.0 Å². The summed E-state index contributed by atoms with van der Waals surface area (Å²) in [5.41, 5.74) is 4.66. The van der Waals surface area contributed by atoms with Gasteiger partial charge in [-0.15, -0.1) is 0 Å². The molecule has 0 aromatic carbocycles. The Balaban J connectivity index is 2.56. The van der Waals surface area contributed by atoms with Crippen LogP contribution in [-0.2, 0) is 6.54 Å². The van der Waals surface area contributed by atoms with Gasteiger partial charge in [0, 0.05) is 18.6 Å². The Morgan fingerprint density at radius 2 is 1.48 bits per heavy atom. The fourth-order valence-corrected chi connectivity index (χ4v) is 2.98. The van der Waals surface area contributed by atoms with Crippen molar-refractivity contribution in [3.63, 3.8) is 0 Å². The van der Waals surface area contributed by atoms with E-state index in [1.54, 1.807) is 0 Å². The van der Waals surface area contributed by atoms with Crippen molar-refractivity contribution in [3.8, 4) is 0 Å². The number of hydrogen-bond acceptors (Lipinski definition) is 0. The molecular weight excluding hydrogens is 278 g/mol. The van der Waals surface area contributed by atoms with Gasteiger partial charge in [0.25, 0.3) is 0 Å². The molecule has 0 bridgehead atoms. The van der Waals surface area contributed by atoms with E-state index < -0.39 is 0 Å². The Kier molecular flexibility index (Phi) is 8.58. The molecule has 0 aliphatic carbocycles. The molecule has 1 nitrogen and oxygen atoms in total. The van der Waals surface area contributed by atoms with Crippen molar-refractivity contribution in [2.45, 2.75) is 93.0 Å². The predicted molar refractivity (Wildman–Crippen MR) is 102 cm³/mol. The maximum atomic E-state index is 2.34. The molecule has 1 rings (SSSR count). The van der Waals surface area contributed by atoms with Crippen LogP contribution < -0.4 is 4.57 Å². The third-order valence-electron chi connectivity index (χ3n) is 4.32. The van der Waals surface area contributed by atoms with E-state index in [2.05, 4.69) is 70.6 Å². The van der Waals surface area contributed by atoms with Gasteiger partial charge < -0.3 is 0 Å². The van der Waals surface area contributed by atoms with Gasteiger partial charge in [-0.05, 0) is 43.2 Å². The second-order valence-electron chi connectivity index (χ2n) is 8.31. The molecule has 0 N–H and O–H groups in total. The summed E-state index contributed by atoms with van der Waals surface area (Å²) in [7, 11) is 0. The lowest BCUT2D eigenvalue weighted by atomic mass is 9.84. The topological polar surface area (TPSA) is 3.88 Å². The van der Waals surface area contributed by atoms with Crippen LogP contribution in [0.4, 0.5) is 0 Å². The smallest absolute Gasteiger partial charge is 0.169 e. The first-order valence-electron chi connectivity index (χ1n) is 9.49. The average Bonchev–Trinajstić information content (AvgIpc) is 2.48. The highest BCUT2D eigenvalue weighted by atomic mass is 14.9. The van der Waals surface area contributed by atoms with Crippen LogP contribution in [0.3, 0.4) is 0 Å². The molecule has 0 amide bonds. The van der Waals surface area contributed by atoms with E-state index in [1.165, 1.54) is 55.2 Å². The van der Waals surface area contributed by atoms with Crippen LogP contribution in [0.2, 0.25) is 0 Å². The highest BCUT2D eigenvalue weighted by Gasteiger charge is 2.16. The standard InChI is InChI=1S/C22H38N/c1-7-8-9-10-11-12-15-23-16-13-20(14-17-23)21(19(2)3)18-22(4,5)6/h13-14,16-17H,7-12,15,18H2,1-6H3/q+1. The number of pyridine rings is 1. The molecule has 0 fully saturated rings. The second kappa shape index (κ2) is 9.90. The fourth-order valence-electron chi connectivity index (χ4n) is 2.98. The molecule has 1 aromatic heterocycles. The maximum absolute atomic E-state index is 2.34. The summed E-state index contributed by atoms with van der Waals surface area (Å²) < 4.78 is 2.34. The van der Waals surface area contributed by atoms with E-state index in [4.69, 9.17) is 0 Å². The summed E-state index contributed by atoms with van der Waals surface area (Å²) in [6, 6.07) is 4.59. The molecule has 0 aliphatic heterocycles. The summed E-state index contributed by atoms with van der Waals surface area (Å²) in [6.07, 6.45) is 13.8. The molecule has 0 spiro atoms. The highest BCUT2D eigenvalue weighted by molar-refractivity contribution is 5.67. The quantitative estimate of drug-likeness (QED) is 0.358. The summed E-state index contributed by atoms with van der Waals surface area (Å²) in [6.45, 7) is 14.8. The fraction of sp³-hybridized carbons (Fsp3) is 0.682. The van der Waals surface area contributed by atoms with Crippen LogP contribution in [0.25, 0.3) is 5.57 Å². The van der Waals surface area contributed by atoms with Crippen LogP contribution in [0, 0.1) is 5.41 Å². The Morgan fingerprint density at radius 3 is 2.00 bits per heavy atom. The minimum atomic E-state index is 0.330. The van der Waals surface area contributed by atoms with Gasteiger partial charge in [0.1, 0.15) is 6.54 Å². The zero-order chi connectivity index (χ0) is 17.3. The first-order valence-corrected chi connectivity index (χ1v) is 9.49. The van der Waals surface area contributed by atoms with Gasteiger partial charge in [0.15, 0.2) is 12.4 Å². The van der Waals surface area contributed by atoms with Crippen LogP contribution in [0.15, 0.2) is 30.1 Å². The van der Waals surface area contributed by atoms with E-state index in [-0.39, 0.29) is 0 Å². The second-order valence-corrected chi connectivity index (χ2v) is 8.31. The summed E-state index contributed by atoms with van der Waals surface area (Å²) in [5, 5.41) is 0. The molecule has 0 saturated heterocycles. The molecule has 1 heteroatoms. The average molecular weight is 317 g/mol. The number of allylic oxidation sites excluding steroid dienone is 2. The number of hydrogen-bond donors (Lipinski definition) is 0. The normalized spacial score (nSPS) is 11.6. The van der Waals surface area contributed by atoms with Crippen molar-refractivity contribution in [3.05, 3.63) is 35.7 Å². The SMILES string of the molecule is CCCCCCCC[n+]1ccc(C(CC(C)(C)C)=C(C)C)cc1. The first-order chi connectivity index (χ1) is 10.8. The Morgan fingerprint density at radius 1 is 0.913 bits per heavy atom. The zero-order valence-electron chi connectivity index (χ0n) is 16.4. The van der Waals surface area contributed by atoms with Crippen molar-refractivity contribution < 1.29 is 4.57 Å². The lowest BCUT2D eigenvalue weighted by Crippen LogP contribution is -2.32. The molecule has 0 radical (unpaired) electrons. The van der Waals surface area contributed by atoms with Crippen LogP contribution in [0.5, 0.6) is 0 Å². The Hall–Kier alpha value is -1.11. The predicted octanol–water partition coefficient (Wildman–Crippen LogP) is 6.56. The number of aryl methyl sites for hydroxylation is 1. The third kappa shape index (κ3) is 8.34. The molecule has 130 valence electrons. The minimum Gasteiger partial charge on any atom is -0.205 e. The first kappa shape index (κ1) is 19.9. The molecule has 1 heterocycles. The maximum Gasteiger partial charge on any atom is 0.169 e. The number of nitrogens with zero attached hydrogens (tertiary/aromatic N) is 1.